The first-order valence-corrected chi connectivity index (χ1v) is 11.3. The maximum atomic E-state index is 12.9. The fourth-order valence-electron chi connectivity index (χ4n) is 3.66. The van der Waals surface area contributed by atoms with Crippen LogP contribution < -0.4 is 10.1 Å². The predicted molar refractivity (Wildman–Crippen MR) is 125 cm³/mol. The molecule has 0 radical (unpaired) electrons. The number of amides is 2. The van der Waals surface area contributed by atoms with E-state index in [4.69, 9.17) is 16.3 Å². The highest BCUT2D eigenvalue weighted by Gasteiger charge is 2.27. The summed E-state index contributed by atoms with van der Waals surface area (Å²) in [7, 11) is 1.76. The van der Waals surface area contributed by atoms with Crippen LogP contribution in [0.4, 0.5) is 10.1 Å². The van der Waals surface area contributed by atoms with Crippen molar-refractivity contribution >= 4 is 29.1 Å². The van der Waals surface area contributed by atoms with Gasteiger partial charge in [0.05, 0.1) is 18.8 Å². The number of piperidine rings is 1. The number of likely N-dealkylation sites (tertiary alicyclic amines) is 1. The van der Waals surface area contributed by atoms with Crippen molar-refractivity contribution in [2.24, 2.45) is 5.92 Å². The first kappa shape index (κ1) is 24.8. The number of aromatic hydroxyl groups is 1. The molecule has 9 heteroatoms. The molecule has 178 valence electrons. The van der Waals surface area contributed by atoms with Gasteiger partial charge in [-0.2, -0.15) is 0 Å². The van der Waals surface area contributed by atoms with Gasteiger partial charge in [0.15, 0.2) is 0 Å². The summed E-state index contributed by atoms with van der Waals surface area (Å²) in [5.74, 6) is -0.0566. The molecule has 1 fully saturated rings. The fraction of sp³-hybridized carbons (Fsp3) is 0.417. The Balaban J connectivity index is 1.34. The zero-order valence-electron chi connectivity index (χ0n) is 18.6. The van der Waals surface area contributed by atoms with Crippen molar-refractivity contribution in [1.29, 1.82) is 0 Å². The molecule has 0 aromatic heterocycles. The Morgan fingerprint density at radius 1 is 1.21 bits per heavy atom. The van der Waals surface area contributed by atoms with Gasteiger partial charge < -0.3 is 20.1 Å². The number of ether oxygens (including phenoxy) is 1. The molecular formula is C24H29ClFN3O4. The number of benzene rings is 2. The second kappa shape index (κ2) is 11.9. The molecule has 1 saturated heterocycles. The Bertz CT molecular complexity index is 949. The number of carbonyl (C=O) groups excluding carboxylic acids is 2. The predicted octanol–water partition coefficient (Wildman–Crippen LogP) is 3.76. The van der Waals surface area contributed by atoms with Crippen molar-refractivity contribution in [2.75, 3.05) is 45.2 Å². The number of hydrogen-bond acceptors (Lipinski definition) is 5. The molecule has 0 saturated carbocycles. The quantitative estimate of drug-likeness (QED) is 0.424. The van der Waals surface area contributed by atoms with E-state index in [-0.39, 0.29) is 29.3 Å². The Morgan fingerprint density at radius 2 is 1.91 bits per heavy atom. The summed E-state index contributed by atoms with van der Waals surface area (Å²) in [4.78, 5) is 28.8. The topological polar surface area (TPSA) is 82.1 Å². The largest absolute Gasteiger partial charge is 0.506 e. The normalized spacial score (nSPS) is 14.6. The van der Waals surface area contributed by atoms with Crippen LogP contribution >= 0.6 is 11.6 Å². The van der Waals surface area contributed by atoms with Crippen LogP contribution in [-0.2, 0) is 9.59 Å². The number of hydrogen-bond donors (Lipinski definition) is 2. The van der Waals surface area contributed by atoms with Gasteiger partial charge in [0.1, 0.15) is 17.3 Å². The minimum Gasteiger partial charge on any atom is -0.506 e. The van der Waals surface area contributed by atoms with Crippen molar-refractivity contribution < 1.29 is 23.8 Å². The van der Waals surface area contributed by atoms with Gasteiger partial charge in [-0.1, -0.05) is 11.6 Å². The first-order valence-electron chi connectivity index (χ1n) is 11.0. The molecule has 33 heavy (non-hydrogen) atoms. The monoisotopic (exact) mass is 477 g/mol. The Hall–Kier alpha value is -2.84. The minimum absolute atomic E-state index is 0.0172. The highest BCUT2D eigenvalue weighted by atomic mass is 35.5. The van der Waals surface area contributed by atoms with Gasteiger partial charge in [0.2, 0.25) is 11.8 Å². The summed E-state index contributed by atoms with van der Waals surface area (Å²) in [5, 5.41) is 13.0. The lowest BCUT2D eigenvalue weighted by molar-refractivity contribution is -0.131. The number of rotatable bonds is 9. The Morgan fingerprint density at radius 3 is 2.61 bits per heavy atom. The summed E-state index contributed by atoms with van der Waals surface area (Å²) < 4.78 is 18.5. The van der Waals surface area contributed by atoms with Gasteiger partial charge in [0.25, 0.3) is 0 Å². The maximum absolute atomic E-state index is 12.9. The zero-order chi connectivity index (χ0) is 23.8. The van der Waals surface area contributed by atoms with Crippen LogP contribution in [-0.4, -0.2) is 66.6 Å². The van der Waals surface area contributed by atoms with Crippen LogP contribution in [0, 0.1) is 11.7 Å². The second-order valence-electron chi connectivity index (χ2n) is 8.17. The van der Waals surface area contributed by atoms with Crippen LogP contribution in [0.1, 0.15) is 19.3 Å². The molecule has 0 spiro atoms. The molecule has 2 N–H and O–H groups in total. The van der Waals surface area contributed by atoms with E-state index in [2.05, 4.69) is 10.2 Å². The van der Waals surface area contributed by atoms with Crippen molar-refractivity contribution in [3.8, 4) is 11.5 Å². The highest BCUT2D eigenvalue weighted by molar-refractivity contribution is 6.31. The van der Waals surface area contributed by atoms with E-state index in [0.717, 1.165) is 0 Å². The Labute approximate surface area is 198 Å². The van der Waals surface area contributed by atoms with E-state index in [9.17, 15) is 19.1 Å². The van der Waals surface area contributed by atoms with Crippen LogP contribution in [0.5, 0.6) is 11.5 Å². The van der Waals surface area contributed by atoms with Crippen molar-refractivity contribution in [3.63, 3.8) is 0 Å². The Kier molecular flexibility index (Phi) is 8.91. The lowest BCUT2D eigenvalue weighted by Gasteiger charge is -2.32. The van der Waals surface area contributed by atoms with Gasteiger partial charge in [-0.25, -0.2) is 4.39 Å². The van der Waals surface area contributed by atoms with Crippen molar-refractivity contribution in [1.82, 2.24) is 9.80 Å². The smallest absolute Gasteiger partial charge is 0.236 e. The number of nitrogens with one attached hydrogen (secondary N) is 1. The van der Waals surface area contributed by atoms with Gasteiger partial charge >= 0.3 is 0 Å². The van der Waals surface area contributed by atoms with E-state index in [1.807, 2.05) is 0 Å². The van der Waals surface area contributed by atoms with E-state index < -0.39 is 0 Å². The van der Waals surface area contributed by atoms with Crippen LogP contribution in [0.25, 0.3) is 0 Å². The van der Waals surface area contributed by atoms with Crippen molar-refractivity contribution in [3.05, 3.63) is 53.3 Å². The molecule has 7 nitrogen and oxygen atoms in total. The molecule has 1 aliphatic heterocycles. The van der Waals surface area contributed by atoms with E-state index in [0.29, 0.717) is 68.5 Å². The number of halogens is 2. The van der Waals surface area contributed by atoms with E-state index in [1.165, 1.54) is 24.3 Å². The maximum Gasteiger partial charge on any atom is 0.236 e. The molecule has 3 rings (SSSR count). The third-order valence-electron chi connectivity index (χ3n) is 5.68. The standard InChI is InChI=1S/C24H29ClFN3O4/c1-28(11-2-14-33-20-6-4-19(26)5-7-20)23(31)16-29-12-9-17(10-13-29)24(32)27-21-15-18(25)3-8-22(21)30/h3-8,15,17,30H,2,9-14,16H2,1H3,(H,27,32). The van der Waals surface area contributed by atoms with E-state index >= 15 is 0 Å². The SMILES string of the molecule is CN(CCCOc1ccc(F)cc1)C(=O)CN1CCC(C(=O)Nc2cc(Cl)ccc2O)CC1. The molecule has 1 heterocycles. The summed E-state index contributed by atoms with van der Waals surface area (Å²) >= 11 is 5.93. The fourth-order valence-corrected chi connectivity index (χ4v) is 3.83. The average Bonchev–Trinajstić information content (AvgIpc) is 2.80. The molecule has 0 aliphatic carbocycles. The summed E-state index contributed by atoms with van der Waals surface area (Å²) in [6.45, 7) is 2.59. The van der Waals surface area contributed by atoms with Gasteiger partial charge in [0, 0.05) is 24.5 Å². The zero-order valence-corrected chi connectivity index (χ0v) is 19.4. The summed E-state index contributed by atoms with van der Waals surface area (Å²) in [6, 6.07) is 10.4. The molecule has 2 aromatic carbocycles. The minimum atomic E-state index is -0.308. The lowest BCUT2D eigenvalue weighted by Crippen LogP contribution is -2.44. The number of carbonyl (C=O) groups is 2. The molecular weight excluding hydrogens is 449 g/mol. The lowest BCUT2D eigenvalue weighted by atomic mass is 9.95. The van der Waals surface area contributed by atoms with Crippen LogP contribution in [0.2, 0.25) is 5.02 Å². The summed E-state index contributed by atoms with van der Waals surface area (Å²) in [5.41, 5.74) is 0.301. The van der Waals surface area contributed by atoms with E-state index in [1.54, 1.807) is 30.1 Å². The number of phenolic OH excluding ortho intramolecular Hbond substituents is 1. The molecule has 1 aliphatic rings. The van der Waals surface area contributed by atoms with Crippen LogP contribution in [0.15, 0.2) is 42.5 Å². The van der Waals surface area contributed by atoms with Gasteiger partial charge in [-0.05, 0) is 74.8 Å². The number of nitrogens with zero attached hydrogens (tertiary/aromatic N) is 2. The van der Waals surface area contributed by atoms with Gasteiger partial charge in [-0.15, -0.1) is 0 Å². The third kappa shape index (κ3) is 7.61. The molecule has 2 amide bonds. The van der Waals surface area contributed by atoms with Crippen LogP contribution in [0.3, 0.4) is 0 Å². The number of anilines is 1. The number of phenols is 1. The third-order valence-corrected chi connectivity index (χ3v) is 5.91. The van der Waals surface area contributed by atoms with Crippen molar-refractivity contribution in [2.45, 2.75) is 19.3 Å². The molecule has 2 aromatic rings. The van der Waals surface area contributed by atoms with Gasteiger partial charge in [-0.3, -0.25) is 14.5 Å². The molecule has 0 bridgehead atoms. The molecule has 0 atom stereocenters. The highest BCUT2D eigenvalue weighted by Crippen LogP contribution is 2.28. The summed E-state index contributed by atoms with van der Waals surface area (Å²) in [6.07, 6.45) is 1.93. The molecule has 0 unspecified atom stereocenters. The second-order valence-corrected chi connectivity index (χ2v) is 8.61. The first-order chi connectivity index (χ1) is 15.8. The average molecular weight is 478 g/mol. The number of likely N-dealkylation sites (N-methyl/N-ethyl adjacent to an activating group) is 1.